The number of carbonyl (C=O) groups excluding carboxylic acids is 3. The second-order valence-corrected chi connectivity index (χ2v) is 20.6. The second kappa shape index (κ2) is 61.1. The van der Waals surface area contributed by atoms with Crippen molar-refractivity contribution < 1.29 is 28.6 Å². The van der Waals surface area contributed by atoms with Crippen LogP contribution in [-0.2, 0) is 28.6 Å². The summed E-state index contributed by atoms with van der Waals surface area (Å²) in [5.41, 5.74) is 0. The fraction of sp³-hybridized carbons (Fsp3) is 0.746. The third-order valence-corrected chi connectivity index (χ3v) is 13.4. The molecule has 0 N–H and O–H groups in total. The molecule has 0 amide bonds. The number of allylic oxidation sites excluding steroid dienone is 14. The van der Waals surface area contributed by atoms with Gasteiger partial charge in [0.05, 0.1) is 0 Å². The van der Waals surface area contributed by atoms with Crippen molar-refractivity contribution in [1.29, 1.82) is 0 Å². The number of ether oxygens (including phenoxy) is 3. The zero-order chi connectivity index (χ0) is 52.9. The van der Waals surface area contributed by atoms with Crippen molar-refractivity contribution in [1.82, 2.24) is 0 Å². The molecule has 1 atom stereocenters. The summed E-state index contributed by atoms with van der Waals surface area (Å²) in [4.78, 5) is 38.1. The van der Waals surface area contributed by atoms with Crippen molar-refractivity contribution in [2.75, 3.05) is 13.2 Å². The fourth-order valence-corrected chi connectivity index (χ4v) is 8.80. The highest BCUT2D eigenvalue weighted by Gasteiger charge is 2.19. The average Bonchev–Trinajstić information content (AvgIpc) is 3.39. The minimum Gasteiger partial charge on any atom is -0.462 e. The molecule has 0 aliphatic rings. The van der Waals surface area contributed by atoms with Gasteiger partial charge in [0, 0.05) is 19.3 Å². The standard InChI is InChI=1S/C67H116O6/c1-4-7-10-13-16-19-22-24-25-26-27-28-29-30-31-32-33-34-35-36-37-38-39-40-41-43-45-48-51-54-57-60-66(69)72-63-64(62-71-65(68)59-56-53-50-47-44-21-18-15-12-9-6-3)73-67(70)61-58-55-52-49-46-42-23-20-17-14-11-8-5-2/h7-8,10-11,16-17,19-20,24-25,27-28,42,46,64H,4-6,9,12-15,18,21-23,26,29-41,43-45,47-63H2,1-3H3/b10-7-,11-8-,19-16-,20-17-,25-24-,28-27-,46-42-. The molecule has 6 heteroatoms. The molecule has 6 nitrogen and oxygen atoms in total. The average molecular weight is 1020 g/mol. The first-order chi connectivity index (χ1) is 36.0. The normalized spacial score (nSPS) is 12.6. The number of hydrogen-bond acceptors (Lipinski definition) is 6. The van der Waals surface area contributed by atoms with Crippen LogP contribution in [0.3, 0.4) is 0 Å². The summed E-state index contributed by atoms with van der Waals surface area (Å²) in [7, 11) is 0. The summed E-state index contributed by atoms with van der Waals surface area (Å²) in [5.74, 6) is -0.904. The van der Waals surface area contributed by atoms with E-state index in [4.69, 9.17) is 14.2 Å². The smallest absolute Gasteiger partial charge is 0.306 e. The molecule has 0 aromatic rings. The van der Waals surface area contributed by atoms with Gasteiger partial charge >= 0.3 is 17.9 Å². The molecule has 0 heterocycles. The Morgan fingerprint density at radius 3 is 0.849 bits per heavy atom. The van der Waals surface area contributed by atoms with Crippen LogP contribution < -0.4 is 0 Å². The van der Waals surface area contributed by atoms with Gasteiger partial charge in [-0.25, -0.2) is 0 Å². The van der Waals surface area contributed by atoms with E-state index in [1.54, 1.807) is 0 Å². The first-order valence-electron chi connectivity index (χ1n) is 31.1. The van der Waals surface area contributed by atoms with E-state index in [9.17, 15) is 14.4 Å². The van der Waals surface area contributed by atoms with Gasteiger partial charge in [-0.1, -0.05) is 279 Å². The maximum atomic E-state index is 12.8. The Balaban J connectivity index is 4.11. The highest BCUT2D eigenvalue weighted by Crippen LogP contribution is 2.17. The molecule has 0 radical (unpaired) electrons. The lowest BCUT2D eigenvalue weighted by molar-refractivity contribution is -0.167. The van der Waals surface area contributed by atoms with Crippen molar-refractivity contribution in [3.63, 3.8) is 0 Å². The van der Waals surface area contributed by atoms with Crippen LogP contribution >= 0.6 is 0 Å². The minimum atomic E-state index is -0.787. The zero-order valence-electron chi connectivity index (χ0n) is 48.1. The van der Waals surface area contributed by atoms with E-state index in [-0.39, 0.29) is 31.1 Å². The Bertz CT molecular complexity index is 1400. The molecule has 0 saturated carbocycles. The Labute approximate surface area is 452 Å². The molecule has 73 heavy (non-hydrogen) atoms. The summed E-state index contributed by atoms with van der Waals surface area (Å²) in [5, 5.41) is 0. The maximum absolute atomic E-state index is 12.8. The van der Waals surface area contributed by atoms with Crippen molar-refractivity contribution in [2.45, 2.75) is 309 Å². The summed E-state index contributed by atoms with van der Waals surface area (Å²) in [6.45, 7) is 6.40. The molecule has 0 fully saturated rings. The maximum Gasteiger partial charge on any atom is 0.306 e. The highest BCUT2D eigenvalue weighted by molar-refractivity contribution is 5.71. The molecular formula is C67H116O6. The number of hydrogen-bond donors (Lipinski definition) is 0. The van der Waals surface area contributed by atoms with Gasteiger partial charge in [0.1, 0.15) is 13.2 Å². The van der Waals surface area contributed by atoms with Crippen molar-refractivity contribution in [3.05, 3.63) is 85.1 Å². The predicted octanol–water partition coefficient (Wildman–Crippen LogP) is 21.1. The minimum absolute atomic E-state index is 0.0840. The topological polar surface area (TPSA) is 78.9 Å². The number of carbonyl (C=O) groups is 3. The Kier molecular flexibility index (Phi) is 58.3. The van der Waals surface area contributed by atoms with Crippen LogP contribution in [0.1, 0.15) is 303 Å². The van der Waals surface area contributed by atoms with E-state index in [0.29, 0.717) is 19.3 Å². The van der Waals surface area contributed by atoms with Gasteiger partial charge in [-0.05, 0) is 89.9 Å². The molecule has 0 aliphatic carbocycles. The Morgan fingerprint density at radius 1 is 0.288 bits per heavy atom. The summed E-state index contributed by atoms with van der Waals surface area (Å²) >= 11 is 0. The third kappa shape index (κ3) is 59.3. The molecule has 0 aromatic carbocycles. The number of rotatable bonds is 56. The van der Waals surface area contributed by atoms with E-state index in [2.05, 4.69) is 106 Å². The highest BCUT2D eigenvalue weighted by atomic mass is 16.6. The molecular weight excluding hydrogens is 901 g/mol. The van der Waals surface area contributed by atoms with Crippen molar-refractivity contribution >= 4 is 17.9 Å². The van der Waals surface area contributed by atoms with E-state index in [1.165, 1.54) is 154 Å². The van der Waals surface area contributed by atoms with Crippen LogP contribution in [0.2, 0.25) is 0 Å². The zero-order valence-corrected chi connectivity index (χ0v) is 48.1. The number of esters is 3. The van der Waals surface area contributed by atoms with Gasteiger partial charge in [0.2, 0.25) is 0 Å². The largest absolute Gasteiger partial charge is 0.462 e. The Hall–Kier alpha value is -3.41. The van der Waals surface area contributed by atoms with E-state index < -0.39 is 6.10 Å². The summed E-state index contributed by atoms with van der Waals surface area (Å²) < 4.78 is 16.8. The van der Waals surface area contributed by atoms with Gasteiger partial charge in [-0.2, -0.15) is 0 Å². The predicted molar refractivity (Wildman–Crippen MR) is 316 cm³/mol. The van der Waals surface area contributed by atoms with Crippen LogP contribution in [0.25, 0.3) is 0 Å². The van der Waals surface area contributed by atoms with Gasteiger partial charge in [0.25, 0.3) is 0 Å². The fourth-order valence-electron chi connectivity index (χ4n) is 8.80. The SMILES string of the molecule is CC/C=C\C/C=C\C/C=C\C/C=C\CCCCCCCCCCCCCCCCCCCCC(=O)OCC(COC(=O)CCCCCCCCCCCCC)OC(=O)CCCCC/C=C\C/C=C\C/C=C\CC. The molecule has 1 unspecified atom stereocenters. The molecule has 0 bridgehead atoms. The Morgan fingerprint density at radius 2 is 0.534 bits per heavy atom. The molecule has 0 rings (SSSR count). The molecule has 420 valence electrons. The molecule has 0 aliphatic heterocycles. The van der Waals surface area contributed by atoms with Gasteiger partial charge in [-0.3, -0.25) is 14.4 Å². The lowest BCUT2D eigenvalue weighted by Gasteiger charge is -2.18. The monoisotopic (exact) mass is 1020 g/mol. The van der Waals surface area contributed by atoms with E-state index >= 15 is 0 Å². The van der Waals surface area contributed by atoms with Crippen LogP contribution in [0, 0.1) is 0 Å². The quantitative estimate of drug-likeness (QED) is 0.0261. The summed E-state index contributed by atoms with van der Waals surface area (Å²) in [6.07, 6.45) is 80.4. The van der Waals surface area contributed by atoms with Crippen LogP contribution in [0.5, 0.6) is 0 Å². The van der Waals surface area contributed by atoms with E-state index in [0.717, 1.165) is 109 Å². The third-order valence-electron chi connectivity index (χ3n) is 13.4. The van der Waals surface area contributed by atoms with Gasteiger partial charge < -0.3 is 14.2 Å². The van der Waals surface area contributed by atoms with Crippen LogP contribution in [0.4, 0.5) is 0 Å². The van der Waals surface area contributed by atoms with Crippen molar-refractivity contribution in [2.24, 2.45) is 0 Å². The molecule has 0 spiro atoms. The molecule has 0 aromatic heterocycles. The van der Waals surface area contributed by atoms with Crippen LogP contribution in [0.15, 0.2) is 85.1 Å². The number of unbranched alkanes of at least 4 members (excludes halogenated alkanes) is 31. The first kappa shape index (κ1) is 69.6. The lowest BCUT2D eigenvalue weighted by Crippen LogP contribution is -2.30. The lowest BCUT2D eigenvalue weighted by atomic mass is 10.0. The van der Waals surface area contributed by atoms with E-state index in [1.807, 2.05) is 0 Å². The first-order valence-corrected chi connectivity index (χ1v) is 31.1. The van der Waals surface area contributed by atoms with Crippen LogP contribution in [-0.4, -0.2) is 37.2 Å². The van der Waals surface area contributed by atoms with Gasteiger partial charge in [-0.15, -0.1) is 0 Å². The van der Waals surface area contributed by atoms with Gasteiger partial charge in [0.15, 0.2) is 6.10 Å². The second-order valence-electron chi connectivity index (χ2n) is 20.6. The van der Waals surface area contributed by atoms with Crippen molar-refractivity contribution in [3.8, 4) is 0 Å². The summed E-state index contributed by atoms with van der Waals surface area (Å²) in [6, 6.07) is 0. The molecule has 0 saturated heterocycles.